The van der Waals surface area contributed by atoms with E-state index in [2.05, 4.69) is 20.6 Å². The number of carbonyl (C=O) groups excluding carboxylic acids is 1. The van der Waals surface area contributed by atoms with Crippen LogP contribution >= 0.6 is 0 Å². The summed E-state index contributed by atoms with van der Waals surface area (Å²) >= 11 is 0. The maximum Gasteiger partial charge on any atom is 0.258 e. The molecule has 2 aromatic carbocycles. The maximum atomic E-state index is 12.9. The largest absolute Gasteiger partial charge is 0.326 e. The van der Waals surface area contributed by atoms with Crippen molar-refractivity contribution in [1.29, 1.82) is 5.26 Å². The summed E-state index contributed by atoms with van der Waals surface area (Å²) in [6.45, 7) is 1.95. The number of carbonyl (C=O) groups is 1. The fourth-order valence-electron chi connectivity index (χ4n) is 3.36. The Balaban J connectivity index is 1.82. The van der Waals surface area contributed by atoms with E-state index in [1.165, 1.54) is 0 Å². The third kappa shape index (κ3) is 3.12. The van der Waals surface area contributed by atoms with E-state index >= 15 is 0 Å². The number of nitrogens with zero attached hydrogens (tertiary/aromatic N) is 2. The van der Waals surface area contributed by atoms with Gasteiger partial charge < -0.3 is 10.6 Å². The average molecular weight is 371 g/mol. The molecule has 0 fully saturated rings. The zero-order valence-corrected chi connectivity index (χ0v) is 15.1. The van der Waals surface area contributed by atoms with Gasteiger partial charge in [-0.15, -0.1) is 0 Å². The van der Waals surface area contributed by atoms with Gasteiger partial charge in [-0.1, -0.05) is 48.0 Å². The number of nitrogens with one attached hydrogen (secondary N) is 3. The molecule has 0 saturated carbocycles. The standard InChI is InChI=1S/C21H17N5O2/c1-12-7-9-13(10-8-12)16-15(11-22)19(27)24-18-17(16)20(28)26-21(25-18)23-14-5-3-2-4-6-14/h2-10,15-16H,1H3,(H3,23,24,25,26,27,28)/t15-,16+/m1/s1. The Labute approximate surface area is 161 Å². The Hall–Kier alpha value is -3.92. The number of aryl methyl sites for hydroxylation is 1. The predicted octanol–water partition coefficient (Wildman–Crippen LogP) is 3.05. The van der Waals surface area contributed by atoms with E-state index in [9.17, 15) is 14.9 Å². The second-order valence-corrected chi connectivity index (χ2v) is 6.65. The van der Waals surface area contributed by atoms with Gasteiger partial charge >= 0.3 is 0 Å². The minimum atomic E-state index is -1.01. The van der Waals surface area contributed by atoms with Crippen LogP contribution in [0.3, 0.4) is 0 Å². The molecule has 4 rings (SSSR count). The van der Waals surface area contributed by atoms with Crippen molar-refractivity contribution in [2.75, 3.05) is 10.6 Å². The number of benzene rings is 2. The predicted molar refractivity (Wildman–Crippen MR) is 105 cm³/mol. The molecule has 0 bridgehead atoms. The highest BCUT2D eigenvalue weighted by molar-refractivity contribution is 5.98. The molecule has 0 aliphatic carbocycles. The lowest BCUT2D eigenvalue weighted by Crippen LogP contribution is -2.38. The fourth-order valence-corrected chi connectivity index (χ4v) is 3.36. The molecular formula is C21H17N5O2. The molecule has 1 amide bonds. The number of hydrogen-bond acceptors (Lipinski definition) is 5. The minimum Gasteiger partial charge on any atom is -0.326 e. The topological polar surface area (TPSA) is 111 Å². The molecule has 28 heavy (non-hydrogen) atoms. The van der Waals surface area contributed by atoms with Gasteiger partial charge in [-0.2, -0.15) is 10.2 Å². The number of fused-ring (bicyclic) bond motifs is 1. The van der Waals surface area contributed by atoms with Crippen LogP contribution in [0, 0.1) is 24.2 Å². The minimum absolute atomic E-state index is 0.171. The van der Waals surface area contributed by atoms with Gasteiger partial charge in [0.1, 0.15) is 11.7 Å². The molecule has 1 aliphatic rings. The van der Waals surface area contributed by atoms with E-state index in [1.807, 2.05) is 67.6 Å². The monoisotopic (exact) mass is 371 g/mol. The lowest BCUT2D eigenvalue weighted by Gasteiger charge is -2.28. The second-order valence-electron chi connectivity index (χ2n) is 6.65. The van der Waals surface area contributed by atoms with Gasteiger partial charge in [0, 0.05) is 11.6 Å². The summed E-state index contributed by atoms with van der Waals surface area (Å²) in [5.74, 6) is -1.77. The summed E-state index contributed by atoms with van der Waals surface area (Å²) in [6, 6.07) is 18.7. The van der Waals surface area contributed by atoms with Crippen LogP contribution in [-0.2, 0) is 4.79 Å². The first-order valence-corrected chi connectivity index (χ1v) is 8.80. The Morgan fingerprint density at radius 3 is 2.46 bits per heavy atom. The Bertz CT molecular complexity index is 1130. The zero-order chi connectivity index (χ0) is 19.7. The summed E-state index contributed by atoms with van der Waals surface area (Å²) in [6.07, 6.45) is 0. The van der Waals surface area contributed by atoms with Crippen molar-refractivity contribution < 1.29 is 4.79 Å². The lowest BCUT2D eigenvalue weighted by molar-refractivity contribution is -0.119. The van der Waals surface area contributed by atoms with Crippen LogP contribution in [0.25, 0.3) is 0 Å². The molecule has 0 saturated heterocycles. The number of rotatable bonds is 3. The third-order valence-electron chi connectivity index (χ3n) is 4.74. The van der Waals surface area contributed by atoms with Gasteiger partial charge in [0.15, 0.2) is 0 Å². The molecule has 1 aliphatic heterocycles. The van der Waals surface area contributed by atoms with E-state index in [4.69, 9.17) is 0 Å². The summed E-state index contributed by atoms with van der Waals surface area (Å²) < 4.78 is 0. The SMILES string of the molecule is Cc1ccc([C@@H]2c3c(nc(Nc4ccccc4)[nH]c3=O)NC(=O)[C@@H]2C#N)cc1. The molecule has 0 unspecified atom stereocenters. The molecule has 1 aromatic heterocycles. The molecule has 3 aromatic rings. The molecule has 0 radical (unpaired) electrons. The highest BCUT2D eigenvalue weighted by Crippen LogP contribution is 2.38. The molecule has 138 valence electrons. The summed E-state index contributed by atoms with van der Waals surface area (Å²) in [4.78, 5) is 32.5. The normalized spacial score (nSPS) is 17.9. The molecule has 7 nitrogen and oxygen atoms in total. The van der Waals surface area contributed by atoms with E-state index < -0.39 is 23.3 Å². The Kier molecular flexibility index (Phi) is 4.38. The summed E-state index contributed by atoms with van der Waals surface area (Å²) in [7, 11) is 0. The van der Waals surface area contributed by atoms with Crippen LogP contribution in [0.4, 0.5) is 17.5 Å². The van der Waals surface area contributed by atoms with E-state index in [-0.39, 0.29) is 17.3 Å². The fraction of sp³-hybridized carbons (Fsp3) is 0.143. The number of aromatic amines is 1. The maximum absolute atomic E-state index is 12.9. The van der Waals surface area contributed by atoms with Crippen LogP contribution in [0.5, 0.6) is 0 Å². The van der Waals surface area contributed by atoms with Gasteiger partial charge in [-0.3, -0.25) is 14.6 Å². The van der Waals surface area contributed by atoms with Crippen molar-refractivity contribution >= 4 is 23.4 Å². The van der Waals surface area contributed by atoms with Crippen LogP contribution in [0.2, 0.25) is 0 Å². The molecule has 0 spiro atoms. The van der Waals surface area contributed by atoms with Crippen LogP contribution in [0.1, 0.15) is 22.6 Å². The highest BCUT2D eigenvalue weighted by atomic mass is 16.2. The lowest BCUT2D eigenvalue weighted by atomic mass is 9.79. The number of nitriles is 1. The molecule has 2 atom stereocenters. The van der Waals surface area contributed by atoms with Crippen LogP contribution < -0.4 is 16.2 Å². The van der Waals surface area contributed by atoms with Crippen molar-refractivity contribution in [1.82, 2.24) is 9.97 Å². The van der Waals surface area contributed by atoms with Crippen molar-refractivity contribution in [3.05, 3.63) is 81.6 Å². The zero-order valence-electron chi connectivity index (χ0n) is 15.1. The van der Waals surface area contributed by atoms with Crippen LogP contribution in [-0.4, -0.2) is 15.9 Å². The molecule has 3 N–H and O–H groups in total. The Morgan fingerprint density at radius 2 is 1.79 bits per heavy atom. The first-order chi connectivity index (χ1) is 13.6. The van der Waals surface area contributed by atoms with Crippen molar-refractivity contribution in [2.45, 2.75) is 12.8 Å². The van der Waals surface area contributed by atoms with Crippen LogP contribution in [0.15, 0.2) is 59.4 Å². The molecular weight excluding hydrogens is 354 g/mol. The second kappa shape index (κ2) is 7.00. The average Bonchev–Trinajstić information content (AvgIpc) is 2.68. The van der Waals surface area contributed by atoms with Crippen molar-refractivity contribution in [3.8, 4) is 6.07 Å². The number of anilines is 3. The van der Waals surface area contributed by atoms with Gasteiger partial charge in [0.25, 0.3) is 5.56 Å². The van der Waals surface area contributed by atoms with Gasteiger partial charge in [-0.25, -0.2) is 0 Å². The summed E-state index contributed by atoms with van der Waals surface area (Å²) in [5, 5.41) is 15.2. The van der Waals surface area contributed by atoms with E-state index in [0.717, 1.165) is 16.8 Å². The first-order valence-electron chi connectivity index (χ1n) is 8.80. The van der Waals surface area contributed by atoms with E-state index in [0.29, 0.717) is 0 Å². The van der Waals surface area contributed by atoms with Crippen molar-refractivity contribution in [2.24, 2.45) is 5.92 Å². The van der Waals surface area contributed by atoms with Gasteiger partial charge in [-0.05, 0) is 24.6 Å². The third-order valence-corrected chi connectivity index (χ3v) is 4.74. The van der Waals surface area contributed by atoms with E-state index in [1.54, 1.807) is 0 Å². The number of amides is 1. The smallest absolute Gasteiger partial charge is 0.258 e. The highest BCUT2D eigenvalue weighted by Gasteiger charge is 2.40. The van der Waals surface area contributed by atoms with Gasteiger partial charge in [0.2, 0.25) is 11.9 Å². The number of H-pyrrole nitrogens is 1. The Morgan fingerprint density at radius 1 is 1.07 bits per heavy atom. The number of aromatic nitrogens is 2. The number of para-hydroxylation sites is 1. The molecule has 7 heteroatoms. The van der Waals surface area contributed by atoms with Crippen molar-refractivity contribution in [3.63, 3.8) is 0 Å². The first kappa shape index (κ1) is 17.5. The summed E-state index contributed by atoms with van der Waals surface area (Å²) in [5.41, 5.74) is 2.41. The van der Waals surface area contributed by atoms with Gasteiger partial charge in [0.05, 0.1) is 11.6 Å². The quantitative estimate of drug-likeness (QED) is 0.655. The number of hydrogen-bond donors (Lipinski definition) is 3. The molecule has 2 heterocycles.